The number of hydrogen-bond donors (Lipinski definition) is 0. The lowest BCUT2D eigenvalue weighted by Crippen LogP contribution is -2.61. The largest absolute Gasteiger partial charge is 0.387 e. The molecule has 0 heterocycles. The first-order chi connectivity index (χ1) is 10.0. The predicted molar refractivity (Wildman–Crippen MR) is 45.6 cm³/mol. The third-order valence-electron chi connectivity index (χ3n) is 2.09. The predicted octanol–water partition coefficient (Wildman–Crippen LogP) is 4.19. The maximum Gasteiger partial charge on any atom is 0.387 e. The van der Waals surface area contributed by atoms with E-state index in [1.165, 1.54) is 0 Å². The molecule has 0 aliphatic carbocycles. The number of ketones is 2. The highest BCUT2D eigenvalue weighted by Crippen LogP contribution is 2.49. The molecule has 0 rings (SSSR count). The minimum absolute atomic E-state index is 3.84. The summed E-state index contributed by atoms with van der Waals surface area (Å²) in [7, 11) is 0. The van der Waals surface area contributed by atoms with E-state index < -0.39 is 53.1 Å². The van der Waals surface area contributed by atoms with Crippen molar-refractivity contribution < 1.29 is 62.3 Å². The molecular formula is C9F12O2. The summed E-state index contributed by atoms with van der Waals surface area (Å²) >= 11 is 0. The fourth-order valence-electron chi connectivity index (χ4n) is 0.930. The van der Waals surface area contributed by atoms with Crippen molar-refractivity contribution in [3.63, 3.8) is 0 Å². The lowest BCUT2D eigenvalue weighted by molar-refractivity contribution is -0.284. The van der Waals surface area contributed by atoms with Gasteiger partial charge in [0.05, 0.1) is 0 Å². The number of Topliss-reactive ketones (excluding diaryl/α,β-unsaturated/α-hetero) is 2. The highest BCUT2D eigenvalue weighted by molar-refractivity contribution is 6.03. The Morgan fingerprint density at radius 1 is 0.522 bits per heavy atom. The van der Waals surface area contributed by atoms with Gasteiger partial charge in [0.1, 0.15) is 0 Å². The Morgan fingerprint density at radius 2 is 0.739 bits per heavy atom. The monoisotopic (exact) mass is 368 g/mol. The zero-order chi connectivity index (χ0) is 19.0. The van der Waals surface area contributed by atoms with Gasteiger partial charge in [-0.1, -0.05) is 0 Å². The SMILES string of the molecule is O=C(C(F)=C(F)F)C(F)(F)C(F)(F)C(F)(F)C(=O)C(F)=C(F)F. The Bertz CT molecular complexity index is 529. The Labute approximate surface area is 117 Å². The molecule has 0 aromatic rings. The van der Waals surface area contributed by atoms with Crippen molar-refractivity contribution in [2.75, 3.05) is 0 Å². The van der Waals surface area contributed by atoms with Gasteiger partial charge in [-0.05, 0) is 0 Å². The van der Waals surface area contributed by atoms with Crippen LogP contribution in [0.4, 0.5) is 52.7 Å². The van der Waals surface area contributed by atoms with Crippen LogP contribution in [0.25, 0.3) is 0 Å². The molecule has 0 N–H and O–H groups in total. The van der Waals surface area contributed by atoms with Gasteiger partial charge in [-0.3, -0.25) is 9.59 Å². The summed E-state index contributed by atoms with van der Waals surface area (Å²) in [5.41, 5.74) is 0. The number of rotatable bonds is 6. The Hall–Kier alpha value is -2.02. The molecule has 2 nitrogen and oxygen atoms in total. The first-order valence-corrected chi connectivity index (χ1v) is 4.68. The van der Waals surface area contributed by atoms with E-state index in [9.17, 15) is 62.3 Å². The minimum atomic E-state index is -7.31. The molecule has 0 saturated heterocycles. The van der Waals surface area contributed by atoms with Gasteiger partial charge in [0, 0.05) is 0 Å². The van der Waals surface area contributed by atoms with Gasteiger partial charge in [-0.2, -0.15) is 52.7 Å². The van der Waals surface area contributed by atoms with Crippen LogP contribution >= 0.6 is 0 Å². The first-order valence-electron chi connectivity index (χ1n) is 4.68. The Morgan fingerprint density at radius 3 is 0.913 bits per heavy atom. The summed E-state index contributed by atoms with van der Waals surface area (Å²) in [5.74, 6) is -37.3. The summed E-state index contributed by atoms with van der Waals surface area (Å²) < 4.78 is 148. The molecule has 14 heteroatoms. The zero-order valence-corrected chi connectivity index (χ0v) is 9.85. The van der Waals surface area contributed by atoms with Crippen LogP contribution in [-0.4, -0.2) is 29.3 Å². The molecule has 0 aromatic carbocycles. The van der Waals surface area contributed by atoms with Crippen LogP contribution in [0, 0.1) is 0 Å². The number of carbonyl (C=O) groups excluding carboxylic acids is 2. The second-order valence-electron chi connectivity index (χ2n) is 3.53. The molecule has 0 atom stereocenters. The maximum absolute atomic E-state index is 12.9. The fraction of sp³-hybridized carbons (Fsp3) is 0.333. The fourth-order valence-corrected chi connectivity index (χ4v) is 0.930. The lowest BCUT2D eigenvalue weighted by atomic mass is 9.96. The van der Waals surface area contributed by atoms with Crippen molar-refractivity contribution in [1.82, 2.24) is 0 Å². The Balaban J connectivity index is 6.15. The van der Waals surface area contributed by atoms with Gasteiger partial charge in [0.25, 0.3) is 11.6 Å². The molecule has 0 spiro atoms. The van der Waals surface area contributed by atoms with Crippen LogP contribution in [0.2, 0.25) is 0 Å². The van der Waals surface area contributed by atoms with E-state index in [0.29, 0.717) is 0 Å². The van der Waals surface area contributed by atoms with E-state index in [0.717, 1.165) is 0 Å². The van der Waals surface area contributed by atoms with Crippen LogP contribution in [0.1, 0.15) is 0 Å². The number of carbonyl (C=O) groups is 2. The van der Waals surface area contributed by atoms with Crippen LogP contribution in [-0.2, 0) is 9.59 Å². The van der Waals surface area contributed by atoms with Crippen molar-refractivity contribution in [1.29, 1.82) is 0 Å². The summed E-state index contributed by atoms with van der Waals surface area (Å²) in [6, 6.07) is 0. The Kier molecular flexibility index (Phi) is 5.69. The number of hydrogen-bond acceptors (Lipinski definition) is 2. The van der Waals surface area contributed by atoms with E-state index in [4.69, 9.17) is 0 Å². The molecule has 0 aliphatic heterocycles. The van der Waals surface area contributed by atoms with Crippen molar-refractivity contribution in [3.8, 4) is 0 Å². The van der Waals surface area contributed by atoms with E-state index in [2.05, 4.69) is 0 Å². The lowest BCUT2D eigenvalue weighted by Gasteiger charge is -2.29. The number of allylic oxidation sites excluding steroid dienone is 2. The van der Waals surface area contributed by atoms with E-state index in [1.54, 1.807) is 0 Å². The summed E-state index contributed by atoms with van der Waals surface area (Å²) in [6.45, 7) is 0. The van der Waals surface area contributed by atoms with Crippen LogP contribution in [0.5, 0.6) is 0 Å². The first kappa shape index (κ1) is 21.0. The summed E-state index contributed by atoms with van der Waals surface area (Å²) in [5, 5.41) is 0. The minimum Gasteiger partial charge on any atom is -0.284 e. The van der Waals surface area contributed by atoms with Crippen molar-refractivity contribution in [2.45, 2.75) is 17.8 Å². The van der Waals surface area contributed by atoms with Gasteiger partial charge in [-0.15, -0.1) is 0 Å². The van der Waals surface area contributed by atoms with E-state index in [-0.39, 0.29) is 0 Å². The molecule has 0 bridgehead atoms. The third kappa shape index (κ3) is 3.34. The molecule has 132 valence electrons. The topological polar surface area (TPSA) is 34.1 Å². The van der Waals surface area contributed by atoms with Crippen molar-refractivity contribution >= 4 is 11.6 Å². The second kappa shape index (κ2) is 6.23. The number of alkyl halides is 6. The second-order valence-corrected chi connectivity index (χ2v) is 3.53. The van der Waals surface area contributed by atoms with E-state index in [1.807, 2.05) is 0 Å². The van der Waals surface area contributed by atoms with Crippen LogP contribution in [0.3, 0.4) is 0 Å². The highest BCUT2D eigenvalue weighted by atomic mass is 19.3. The molecule has 0 aromatic heterocycles. The molecule has 23 heavy (non-hydrogen) atoms. The molecule has 0 amide bonds. The van der Waals surface area contributed by atoms with Crippen LogP contribution < -0.4 is 0 Å². The van der Waals surface area contributed by atoms with Crippen molar-refractivity contribution in [3.05, 3.63) is 23.8 Å². The number of halogens is 12. The maximum atomic E-state index is 12.9. The van der Waals surface area contributed by atoms with Gasteiger partial charge in [0.2, 0.25) is 11.7 Å². The molecular weight excluding hydrogens is 368 g/mol. The molecule has 0 aliphatic rings. The zero-order valence-electron chi connectivity index (χ0n) is 9.85. The highest BCUT2D eigenvalue weighted by Gasteiger charge is 2.78. The van der Waals surface area contributed by atoms with Crippen LogP contribution in [0.15, 0.2) is 23.8 Å². The molecule has 0 fully saturated rings. The van der Waals surface area contributed by atoms with Gasteiger partial charge < -0.3 is 0 Å². The summed E-state index contributed by atoms with van der Waals surface area (Å²) in [4.78, 5) is 20.8. The van der Waals surface area contributed by atoms with E-state index >= 15 is 0 Å². The average Bonchev–Trinajstić information content (AvgIpc) is 2.42. The standard InChI is InChI=1S/C9F12O2/c10-1(5(12)13)3(22)7(16,17)9(20,21)8(18,19)4(23)2(11)6(14)15. The normalized spacial score (nSPS) is 12.7. The summed E-state index contributed by atoms with van der Waals surface area (Å²) in [6.07, 6.45) is -7.78. The van der Waals surface area contributed by atoms with Gasteiger partial charge in [0.15, 0.2) is 0 Å². The van der Waals surface area contributed by atoms with Gasteiger partial charge >= 0.3 is 29.9 Å². The quantitative estimate of drug-likeness (QED) is 0.521. The van der Waals surface area contributed by atoms with Gasteiger partial charge in [-0.25, -0.2) is 0 Å². The molecule has 0 unspecified atom stereocenters. The molecule has 0 radical (unpaired) electrons. The third-order valence-corrected chi connectivity index (χ3v) is 2.09. The van der Waals surface area contributed by atoms with Crippen molar-refractivity contribution in [2.24, 2.45) is 0 Å². The molecule has 0 saturated carbocycles. The average molecular weight is 368 g/mol. The smallest absolute Gasteiger partial charge is 0.284 e.